The number of aromatic nitrogens is 1. The van der Waals surface area contributed by atoms with Gasteiger partial charge in [-0.05, 0) is 25.0 Å². The van der Waals surface area contributed by atoms with Gasteiger partial charge in [0.25, 0.3) is 17.4 Å². The number of benzene rings is 2. The van der Waals surface area contributed by atoms with Crippen LogP contribution in [0.4, 0.5) is 28.4 Å². The van der Waals surface area contributed by atoms with Crippen molar-refractivity contribution >= 4 is 39.9 Å². The minimum Gasteiger partial charge on any atom is -0.456 e. The first-order chi connectivity index (χ1) is 22.0. The molecule has 0 saturated carbocycles. The lowest BCUT2D eigenvalue weighted by molar-refractivity contribution is -0.279. The fraction of sp³-hybridized carbons (Fsp3) is 0.419. The molecule has 2 amide bonds. The average molecular weight is 665 g/mol. The third kappa shape index (κ3) is 7.00. The Hall–Kier alpha value is -4.08. The van der Waals surface area contributed by atoms with E-state index >= 15 is 4.39 Å². The lowest BCUT2D eigenvalue weighted by Gasteiger charge is -2.37. The van der Waals surface area contributed by atoms with Crippen LogP contribution in [0.15, 0.2) is 60.0 Å². The molecule has 0 spiro atoms. The number of carbonyl (C=O) groups excluding carboxylic acids is 3. The molecule has 10 nitrogen and oxygen atoms in total. The van der Waals surface area contributed by atoms with E-state index in [4.69, 9.17) is 14.2 Å². The zero-order chi connectivity index (χ0) is 32.9. The first kappa shape index (κ1) is 33.3. The van der Waals surface area contributed by atoms with Crippen molar-refractivity contribution in [2.45, 2.75) is 49.4 Å². The maximum absolute atomic E-state index is 15.3. The number of rotatable bonds is 9. The summed E-state index contributed by atoms with van der Waals surface area (Å²) in [5.74, 6) is -2.68. The second kappa shape index (κ2) is 14.1. The number of amides is 2. The van der Waals surface area contributed by atoms with Gasteiger partial charge in [-0.15, -0.1) is 11.3 Å². The van der Waals surface area contributed by atoms with Crippen molar-refractivity contribution in [1.82, 2.24) is 10.3 Å². The van der Waals surface area contributed by atoms with Crippen molar-refractivity contribution in [3.8, 4) is 0 Å². The van der Waals surface area contributed by atoms with E-state index in [1.165, 1.54) is 28.5 Å². The molecule has 0 aliphatic carbocycles. The SMILES string of the molecule is CO[C@@](C(=O)O[C@H]1CCN(c2nc(C(=O)Nc3ccccc3C(=O)NC3CCOCC3)cs2)C[C@H]1F)(c1ccccc1)C(F)(F)F. The Morgan fingerprint density at radius 1 is 1.00 bits per heavy atom. The maximum atomic E-state index is 15.3. The second-order valence-corrected chi connectivity index (χ2v) is 11.7. The Morgan fingerprint density at radius 2 is 1.70 bits per heavy atom. The summed E-state index contributed by atoms with van der Waals surface area (Å²) in [5, 5.41) is 7.45. The number of anilines is 2. The number of piperidine rings is 1. The number of carbonyl (C=O) groups is 3. The van der Waals surface area contributed by atoms with E-state index < -0.39 is 41.5 Å². The number of methoxy groups -OCH3 is 1. The Kier molecular flexibility index (Phi) is 10.2. The molecule has 0 unspecified atom stereocenters. The van der Waals surface area contributed by atoms with Crippen molar-refractivity contribution < 1.29 is 46.2 Å². The topological polar surface area (TPSA) is 119 Å². The van der Waals surface area contributed by atoms with Gasteiger partial charge in [0.05, 0.1) is 17.8 Å². The van der Waals surface area contributed by atoms with Gasteiger partial charge in [-0.2, -0.15) is 13.2 Å². The molecule has 3 heterocycles. The summed E-state index contributed by atoms with van der Waals surface area (Å²) < 4.78 is 73.1. The minimum atomic E-state index is -5.18. The highest BCUT2D eigenvalue weighted by molar-refractivity contribution is 7.14. The molecular formula is C31H32F4N4O6S. The van der Waals surface area contributed by atoms with E-state index in [0.29, 0.717) is 36.9 Å². The predicted octanol–water partition coefficient (Wildman–Crippen LogP) is 4.87. The molecule has 2 aliphatic heterocycles. The van der Waals surface area contributed by atoms with E-state index in [-0.39, 0.29) is 42.7 Å². The number of nitrogens with one attached hydrogen (secondary N) is 2. The Labute approximate surface area is 266 Å². The standard InChI is InChI=1S/C31H32F4N4O6S/c1-43-30(31(33,34)35,19-7-3-2-4-8-19)28(42)45-25-11-14-39(17-22(25)32)29-38-24(18-46-29)27(41)37-23-10-6-5-9-21(23)26(40)36-20-12-15-44-16-13-20/h2-10,18,20,22,25H,11-17H2,1H3,(H,36,40)(H,37,41)/t22-,25+,30-/m1/s1. The summed E-state index contributed by atoms with van der Waals surface area (Å²) >= 11 is 1.07. The molecule has 0 radical (unpaired) electrons. The van der Waals surface area contributed by atoms with Gasteiger partial charge in [0, 0.05) is 50.3 Å². The Balaban J connectivity index is 1.21. The van der Waals surface area contributed by atoms with Crippen LogP contribution in [-0.4, -0.2) is 80.7 Å². The monoisotopic (exact) mass is 664 g/mol. The highest BCUT2D eigenvalue weighted by Gasteiger charge is 2.64. The summed E-state index contributed by atoms with van der Waals surface area (Å²) in [5.41, 5.74) is -3.31. The van der Waals surface area contributed by atoms with Crippen LogP contribution in [0, 0.1) is 0 Å². The van der Waals surface area contributed by atoms with Crippen LogP contribution < -0.4 is 15.5 Å². The molecule has 0 bridgehead atoms. The summed E-state index contributed by atoms with van der Waals surface area (Å²) in [4.78, 5) is 44.8. The number of para-hydroxylation sites is 1. The molecule has 2 saturated heterocycles. The number of alkyl halides is 4. The maximum Gasteiger partial charge on any atom is 0.432 e. The molecule has 2 N–H and O–H groups in total. The molecule has 15 heteroatoms. The number of ether oxygens (including phenoxy) is 3. The van der Waals surface area contributed by atoms with Crippen molar-refractivity contribution in [3.05, 3.63) is 76.8 Å². The van der Waals surface area contributed by atoms with Gasteiger partial charge < -0.3 is 29.7 Å². The van der Waals surface area contributed by atoms with E-state index in [1.54, 1.807) is 24.3 Å². The quantitative estimate of drug-likeness (QED) is 0.246. The first-order valence-corrected chi connectivity index (χ1v) is 15.4. The van der Waals surface area contributed by atoms with Gasteiger partial charge in [0.2, 0.25) is 0 Å². The Bertz CT molecular complexity index is 1530. The lowest BCUT2D eigenvalue weighted by Crippen LogP contribution is -2.54. The number of esters is 1. The molecular weight excluding hydrogens is 632 g/mol. The van der Waals surface area contributed by atoms with Crippen LogP contribution in [0.2, 0.25) is 0 Å². The normalized spacial score (nSPS) is 20.4. The first-order valence-electron chi connectivity index (χ1n) is 14.6. The molecule has 3 atom stereocenters. The molecule has 3 aromatic rings. The van der Waals surface area contributed by atoms with Crippen LogP contribution >= 0.6 is 11.3 Å². The van der Waals surface area contributed by atoms with Gasteiger partial charge in [-0.25, -0.2) is 14.2 Å². The van der Waals surface area contributed by atoms with Crippen LogP contribution in [0.1, 0.15) is 45.7 Å². The fourth-order valence-electron chi connectivity index (χ4n) is 5.39. The van der Waals surface area contributed by atoms with E-state index in [0.717, 1.165) is 30.6 Å². The largest absolute Gasteiger partial charge is 0.456 e. The van der Waals surface area contributed by atoms with E-state index in [2.05, 4.69) is 15.6 Å². The van der Waals surface area contributed by atoms with Crippen LogP contribution in [0.3, 0.4) is 0 Å². The summed E-state index contributed by atoms with van der Waals surface area (Å²) in [6.07, 6.45) is -7.24. The minimum absolute atomic E-state index is 0.0292. The van der Waals surface area contributed by atoms with E-state index in [9.17, 15) is 27.6 Å². The molecule has 2 aliphatic rings. The number of thiazole rings is 1. The molecule has 246 valence electrons. The molecule has 46 heavy (non-hydrogen) atoms. The fourth-order valence-corrected chi connectivity index (χ4v) is 6.24. The number of hydrogen-bond donors (Lipinski definition) is 2. The highest BCUT2D eigenvalue weighted by Crippen LogP contribution is 2.43. The van der Waals surface area contributed by atoms with Crippen molar-refractivity contribution in [3.63, 3.8) is 0 Å². The van der Waals surface area contributed by atoms with Gasteiger partial charge in [0.1, 0.15) is 11.8 Å². The predicted molar refractivity (Wildman–Crippen MR) is 161 cm³/mol. The summed E-state index contributed by atoms with van der Waals surface area (Å²) in [6, 6.07) is 12.8. The van der Waals surface area contributed by atoms with Crippen molar-refractivity contribution in [2.24, 2.45) is 0 Å². The van der Waals surface area contributed by atoms with Crippen LogP contribution in [0.5, 0.6) is 0 Å². The molecule has 2 aromatic carbocycles. The number of hydrogen-bond acceptors (Lipinski definition) is 9. The van der Waals surface area contributed by atoms with Crippen molar-refractivity contribution in [2.75, 3.05) is 43.6 Å². The van der Waals surface area contributed by atoms with Gasteiger partial charge in [-0.1, -0.05) is 42.5 Å². The smallest absolute Gasteiger partial charge is 0.432 e. The highest BCUT2D eigenvalue weighted by atomic mass is 32.1. The zero-order valence-corrected chi connectivity index (χ0v) is 25.5. The lowest BCUT2D eigenvalue weighted by atomic mass is 9.92. The van der Waals surface area contributed by atoms with E-state index in [1.807, 2.05) is 0 Å². The average Bonchev–Trinajstić information content (AvgIpc) is 3.54. The summed E-state index contributed by atoms with van der Waals surface area (Å²) in [6.45, 7) is 0.878. The Morgan fingerprint density at radius 3 is 2.37 bits per heavy atom. The van der Waals surface area contributed by atoms with Gasteiger partial charge >= 0.3 is 12.1 Å². The van der Waals surface area contributed by atoms with Gasteiger partial charge in [0.15, 0.2) is 11.3 Å². The molecule has 1 aromatic heterocycles. The van der Waals surface area contributed by atoms with Crippen molar-refractivity contribution in [1.29, 1.82) is 0 Å². The summed E-state index contributed by atoms with van der Waals surface area (Å²) in [7, 11) is 0.744. The van der Waals surface area contributed by atoms with Crippen LogP contribution in [0.25, 0.3) is 0 Å². The van der Waals surface area contributed by atoms with Gasteiger partial charge in [-0.3, -0.25) is 9.59 Å². The second-order valence-electron chi connectivity index (χ2n) is 10.8. The molecule has 2 fully saturated rings. The van der Waals surface area contributed by atoms with Crippen LogP contribution in [-0.2, 0) is 24.6 Å². The third-order valence-electron chi connectivity index (χ3n) is 7.88. The molecule has 5 rings (SSSR count). The third-order valence-corrected chi connectivity index (χ3v) is 8.79. The number of halogens is 4. The number of nitrogens with zero attached hydrogens (tertiary/aromatic N) is 2. The zero-order valence-electron chi connectivity index (χ0n) is 24.7.